The molecular weight excluding hydrogens is 311 g/mol. The lowest BCUT2D eigenvalue weighted by Gasteiger charge is -2.12. The summed E-state index contributed by atoms with van der Waals surface area (Å²) >= 11 is 1.65. The Kier molecular flexibility index (Phi) is 3.53. The van der Waals surface area contributed by atoms with Gasteiger partial charge in [0.1, 0.15) is 16.5 Å². The lowest BCUT2D eigenvalue weighted by atomic mass is 9.97. The average Bonchev–Trinajstić information content (AvgIpc) is 2.91. The van der Waals surface area contributed by atoms with Crippen molar-refractivity contribution in [1.29, 1.82) is 0 Å². The monoisotopic (exact) mass is 328 g/mol. The highest BCUT2D eigenvalue weighted by atomic mass is 32.1. The SMILES string of the molecule is Cc1nc2sc3c(c2c(=O)n1Cc1ccccc1F)CCCC3. The number of halogens is 1. The van der Waals surface area contributed by atoms with Crippen LogP contribution in [0.3, 0.4) is 0 Å². The number of rotatable bonds is 2. The van der Waals surface area contributed by atoms with E-state index >= 15 is 0 Å². The fourth-order valence-electron chi connectivity index (χ4n) is 3.32. The number of nitrogens with zero attached hydrogens (tertiary/aromatic N) is 2. The van der Waals surface area contributed by atoms with E-state index in [0.29, 0.717) is 11.4 Å². The summed E-state index contributed by atoms with van der Waals surface area (Å²) < 4.78 is 15.5. The molecule has 1 aromatic carbocycles. The van der Waals surface area contributed by atoms with Gasteiger partial charge < -0.3 is 0 Å². The summed E-state index contributed by atoms with van der Waals surface area (Å²) in [5.41, 5.74) is 1.66. The second-order valence-corrected chi connectivity index (χ2v) is 7.12. The van der Waals surface area contributed by atoms with E-state index in [9.17, 15) is 9.18 Å². The first-order valence-electron chi connectivity index (χ1n) is 7.90. The van der Waals surface area contributed by atoms with Gasteiger partial charge in [0.25, 0.3) is 5.56 Å². The molecule has 0 N–H and O–H groups in total. The maximum absolute atomic E-state index is 13.9. The van der Waals surface area contributed by atoms with Gasteiger partial charge in [0.15, 0.2) is 0 Å². The summed E-state index contributed by atoms with van der Waals surface area (Å²) in [4.78, 5) is 19.8. The number of benzene rings is 1. The molecule has 5 heteroatoms. The summed E-state index contributed by atoms with van der Waals surface area (Å²) in [6.07, 6.45) is 4.30. The van der Waals surface area contributed by atoms with E-state index in [0.717, 1.165) is 29.5 Å². The molecule has 0 unspecified atom stereocenters. The first kappa shape index (κ1) is 14.6. The van der Waals surface area contributed by atoms with Crippen molar-refractivity contribution in [3.05, 3.63) is 62.3 Å². The molecule has 1 aliphatic carbocycles. The van der Waals surface area contributed by atoms with Crippen LogP contribution in [0.1, 0.15) is 34.7 Å². The molecule has 0 bridgehead atoms. The van der Waals surface area contributed by atoms with Crippen molar-refractivity contribution < 1.29 is 4.39 Å². The molecule has 3 aromatic rings. The van der Waals surface area contributed by atoms with Gasteiger partial charge in [0.05, 0.1) is 11.9 Å². The molecule has 0 saturated heterocycles. The third-order valence-corrected chi connectivity index (χ3v) is 5.74. The van der Waals surface area contributed by atoms with Crippen LogP contribution in [0, 0.1) is 12.7 Å². The average molecular weight is 328 g/mol. The first-order valence-corrected chi connectivity index (χ1v) is 8.72. The van der Waals surface area contributed by atoms with Crippen molar-refractivity contribution in [3.63, 3.8) is 0 Å². The molecule has 0 saturated carbocycles. The fraction of sp³-hybridized carbons (Fsp3) is 0.333. The molecule has 0 amide bonds. The number of fused-ring (bicyclic) bond motifs is 3. The van der Waals surface area contributed by atoms with E-state index in [1.807, 2.05) is 6.92 Å². The van der Waals surface area contributed by atoms with Gasteiger partial charge in [0, 0.05) is 10.4 Å². The number of thiophene rings is 1. The second-order valence-electron chi connectivity index (χ2n) is 6.03. The Morgan fingerprint density at radius 2 is 2.04 bits per heavy atom. The minimum absolute atomic E-state index is 0.0323. The Hall–Kier alpha value is -2.01. The number of aromatic nitrogens is 2. The Labute approximate surface area is 137 Å². The van der Waals surface area contributed by atoms with Gasteiger partial charge >= 0.3 is 0 Å². The highest BCUT2D eigenvalue weighted by molar-refractivity contribution is 7.18. The predicted molar refractivity (Wildman–Crippen MR) is 90.8 cm³/mol. The number of hydrogen-bond acceptors (Lipinski definition) is 3. The van der Waals surface area contributed by atoms with Gasteiger partial charge in [0.2, 0.25) is 0 Å². The van der Waals surface area contributed by atoms with E-state index < -0.39 is 0 Å². The van der Waals surface area contributed by atoms with Crippen LogP contribution >= 0.6 is 11.3 Å². The molecule has 0 spiro atoms. The summed E-state index contributed by atoms with van der Waals surface area (Å²) in [7, 11) is 0. The highest BCUT2D eigenvalue weighted by Crippen LogP contribution is 2.33. The van der Waals surface area contributed by atoms with Crippen LogP contribution in [0.5, 0.6) is 0 Å². The van der Waals surface area contributed by atoms with Gasteiger partial charge in [-0.15, -0.1) is 11.3 Å². The molecule has 0 radical (unpaired) electrons. The lowest BCUT2D eigenvalue weighted by molar-refractivity contribution is 0.591. The molecule has 0 fully saturated rings. The summed E-state index contributed by atoms with van der Waals surface area (Å²) in [6, 6.07) is 6.59. The predicted octanol–water partition coefficient (Wildman–Crippen LogP) is 3.83. The maximum atomic E-state index is 13.9. The van der Waals surface area contributed by atoms with Crippen LogP contribution in [0.2, 0.25) is 0 Å². The fourth-order valence-corrected chi connectivity index (χ4v) is 4.62. The van der Waals surface area contributed by atoms with Gasteiger partial charge in [-0.3, -0.25) is 9.36 Å². The number of hydrogen-bond donors (Lipinski definition) is 0. The Balaban J connectivity index is 1.90. The molecule has 2 heterocycles. The van der Waals surface area contributed by atoms with Crippen LogP contribution in [0.4, 0.5) is 4.39 Å². The van der Waals surface area contributed by atoms with E-state index in [4.69, 9.17) is 0 Å². The quantitative estimate of drug-likeness (QED) is 0.716. The normalized spacial score (nSPS) is 14.2. The Morgan fingerprint density at radius 3 is 2.87 bits per heavy atom. The minimum Gasteiger partial charge on any atom is -0.292 e. The largest absolute Gasteiger partial charge is 0.292 e. The van der Waals surface area contributed by atoms with Crippen molar-refractivity contribution in [2.24, 2.45) is 0 Å². The summed E-state index contributed by atoms with van der Waals surface area (Å²) in [5, 5.41) is 0.756. The molecule has 118 valence electrons. The van der Waals surface area contributed by atoms with Crippen molar-refractivity contribution in [2.75, 3.05) is 0 Å². The van der Waals surface area contributed by atoms with Crippen LogP contribution in [-0.4, -0.2) is 9.55 Å². The zero-order valence-electron chi connectivity index (χ0n) is 12.9. The smallest absolute Gasteiger partial charge is 0.262 e. The molecule has 0 aliphatic heterocycles. The topological polar surface area (TPSA) is 34.9 Å². The lowest BCUT2D eigenvalue weighted by Crippen LogP contribution is -2.25. The Bertz CT molecular complexity index is 958. The van der Waals surface area contributed by atoms with Gasteiger partial charge in [-0.25, -0.2) is 9.37 Å². The zero-order valence-corrected chi connectivity index (χ0v) is 13.8. The van der Waals surface area contributed by atoms with Gasteiger partial charge in [-0.1, -0.05) is 18.2 Å². The van der Waals surface area contributed by atoms with Crippen molar-refractivity contribution in [1.82, 2.24) is 9.55 Å². The van der Waals surface area contributed by atoms with Crippen LogP contribution in [0.25, 0.3) is 10.2 Å². The summed E-state index contributed by atoms with van der Waals surface area (Å²) in [5.74, 6) is 0.357. The molecule has 4 rings (SSSR count). The van der Waals surface area contributed by atoms with Gasteiger partial charge in [-0.2, -0.15) is 0 Å². The van der Waals surface area contributed by atoms with E-state index in [2.05, 4.69) is 4.98 Å². The van der Waals surface area contributed by atoms with Gasteiger partial charge in [-0.05, 0) is 44.2 Å². The molecular formula is C18H17FN2OS. The number of aryl methyl sites for hydroxylation is 3. The molecule has 1 aliphatic rings. The Morgan fingerprint density at radius 1 is 1.26 bits per heavy atom. The van der Waals surface area contributed by atoms with Crippen LogP contribution < -0.4 is 5.56 Å². The summed E-state index contributed by atoms with van der Waals surface area (Å²) in [6.45, 7) is 2.05. The van der Waals surface area contributed by atoms with Crippen LogP contribution in [0.15, 0.2) is 29.1 Å². The highest BCUT2D eigenvalue weighted by Gasteiger charge is 2.21. The minimum atomic E-state index is -0.286. The first-order chi connectivity index (χ1) is 11.1. The van der Waals surface area contributed by atoms with Crippen LogP contribution in [-0.2, 0) is 19.4 Å². The molecule has 2 aromatic heterocycles. The van der Waals surface area contributed by atoms with Crippen molar-refractivity contribution >= 4 is 21.6 Å². The van der Waals surface area contributed by atoms with E-state index in [1.54, 1.807) is 34.1 Å². The second kappa shape index (κ2) is 5.57. The van der Waals surface area contributed by atoms with E-state index in [-0.39, 0.29) is 17.9 Å². The maximum Gasteiger partial charge on any atom is 0.262 e. The van der Waals surface area contributed by atoms with E-state index in [1.165, 1.54) is 22.9 Å². The molecule has 0 atom stereocenters. The third-order valence-electron chi connectivity index (χ3n) is 4.55. The zero-order chi connectivity index (χ0) is 16.0. The molecule has 23 heavy (non-hydrogen) atoms. The molecule has 3 nitrogen and oxygen atoms in total. The standard InChI is InChI=1S/C18H17FN2OS/c1-11-20-17-16(13-7-3-5-9-15(13)23-17)18(22)21(11)10-12-6-2-4-8-14(12)19/h2,4,6,8H,3,5,7,9-10H2,1H3. The third kappa shape index (κ3) is 2.39. The van der Waals surface area contributed by atoms with Crippen molar-refractivity contribution in [3.8, 4) is 0 Å². The van der Waals surface area contributed by atoms with Crippen molar-refractivity contribution in [2.45, 2.75) is 39.2 Å².